The van der Waals surface area contributed by atoms with E-state index in [1.54, 1.807) is 0 Å². The average Bonchev–Trinajstić information content (AvgIpc) is 2.40. The van der Waals surface area contributed by atoms with Crippen molar-refractivity contribution >= 4 is 24.0 Å². The number of fused-ring (bicyclic) bond motifs is 1. The number of nitrogens with zero attached hydrogens (tertiary/aromatic N) is 3. The van der Waals surface area contributed by atoms with E-state index in [2.05, 4.69) is 0 Å². The molecule has 2 aliphatic rings. The number of hydrogen-bond donors (Lipinski definition) is 1. The first-order chi connectivity index (χ1) is 6.95. The number of amides is 7. The molecule has 2 aliphatic heterocycles. The van der Waals surface area contributed by atoms with Gasteiger partial charge in [-0.15, -0.1) is 0 Å². The van der Waals surface area contributed by atoms with Gasteiger partial charge >= 0.3 is 18.1 Å². The summed E-state index contributed by atoms with van der Waals surface area (Å²) in [5, 5.41) is 1.95. The van der Waals surface area contributed by atoms with Gasteiger partial charge in [0.05, 0.1) is 0 Å². The minimum absolute atomic E-state index is 0.592. The molecule has 0 aromatic heterocycles. The van der Waals surface area contributed by atoms with Crippen molar-refractivity contribution in [1.82, 2.24) is 20.0 Å². The molecule has 2 heterocycles. The molecule has 0 bridgehead atoms. The molecule has 2 fully saturated rings. The van der Waals surface area contributed by atoms with Gasteiger partial charge in [-0.3, -0.25) is 19.9 Å². The molecule has 7 amide bonds. The average molecular weight is 212 g/mol. The molecule has 1 unspecified atom stereocenters. The Morgan fingerprint density at radius 3 is 2.27 bits per heavy atom. The van der Waals surface area contributed by atoms with E-state index in [0.717, 1.165) is 9.80 Å². The van der Waals surface area contributed by atoms with Crippen molar-refractivity contribution in [2.45, 2.75) is 6.17 Å². The second kappa shape index (κ2) is 2.69. The number of hydrogen-bond acceptors (Lipinski definition) is 4. The van der Waals surface area contributed by atoms with Crippen molar-refractivity contribution in [3.63, 3.8) is 0 Å². The van der Waals surface area contributed by atoms with E-state index in [0.29, 0.717) is 4.90 Å². The first kappa shape index (κ1) is 9.44. The SMILES string of the molecule is CN1C(=O)C2N(C)C(=O)NC(=O)N2C1=O. The highest BCUT2D eigenvalue weighted by atomic mass is 16.2. The number of imide groups is 3. The second-order valence-electron chi connectivity index (χ2n) is 3.27. The fourth-order valence-corrected chi connectivity index (χ4v) is 1.53. The van der Waals surface area contributed by atoms with Crippen LogP contribution in [0.5, 0.6) is 0 Å². The Labute approximate surface area is 84.4 Å². The highest BCUT2D eigenvalue weighted by Gasteiger charge is 2.53. The van der Waals surface area contributed by atoms with Crippen LogP contribution in [0, 0.1) is 0 Å². The van der Waals surface area contributed by atoms with E-state index in [4.69, 9.17) is 0 Å². The minimum Gasteiger partial charge on any atom is -0.298 e. The normalized spacial score (nSPS) is 26.0. The Bertz CT molecular complexity index is 392. The van der Waals surface area contributed by atoms with Gasteiger partial charge in [0.1, 0.15) is 0 Å². The predicted molar refractivity (Wildman–Crippen MR) is 45.5 cm³/mol. The van der Waals surface area contributed by atoms with Crippen molar-refractivity contribution in [3.8, 4) is 0 Å². The lowest BCUT2D eigenvalue weighted by Crippen LogP contribution is -2.63. The Morgan fingerprint density at radius 2 is 1.67 bits per heavy atom. The van der Waals surface area contributed by atoms with Gasteiger partial charge in [-0.25, -0.2) is 19.3 Å². The Morgan fingerprint density at radius 1 is 1.07 bits per heavy atom. The van der Waals surface area contributed by atoms with Gasteiger partial charge < -0.3 is 0 Å². The number of likely N-dealkylation sites (N-methyl/N-ethyl adjacent to an activating group) is 2. The Balaban J connectivity index is 2.45. The molecule has 0 aromatic carbocycles. The van der Waals surface area contributed by atoms with Crippen LogP contribution in [0.1, 0.15) is 0 Å². The zero-order valence-electron chi connectivity index (χ0n) is 8.05. The lowest BCUT2D eigenvalue weighted by Gasteiger charge is -2.32. The fraction of sp³-hybridized carbons (Fsp3) is 0.429. The second-order valence-corrected chi connectivity index (χ2v) is 3.27. The lowest BCUT2D eigenvalue weighted by atomic mass is 10.3. The molecule has 0 radical (unpaired) electrons. The zero-order chi connectivity index (χ0) is 11.3. The van der Waals surface area contributed by atoms with E-state index in [1.165, 1.54) is 14.1 Å². The molecule has 8 nitrogen and oxygen atoms in total. The van der Waals surface area contributed by atoms with E-state index in [9.17, 15) is 19.2 Å². The van der Waals surface area contributed by atoms with E-state index >= 15 is 0 Å². The number of carbonyl (C=O) groups is 4. The summed E-state index contributed by atoms with van der Waals surface area (Å²) in [6.07, 6.45) is -1.15. The molecule has 1 atom stereocenters. The summed E-state index contributed by atoms with van der Waals surface area (Å²) in [6, 6.07) is -2.30. The molecule has 1 N–H and O–H groups in total. The maximum absolute atomic E-state index is 11.5. The van der Waals surface area contributed by atoms with E-state index in [-0.39, 0.29) is 0 Å². The summed E-state index contributed by atoms with van der Waals surface area (Å²) in [5.41, 5.74) is 0. The predicted octanol–water partition coefficient (Wildman–Crippen LogP) is -1.02. The molecule has 15 heavy (non-hydrogen) atoms. The summed E-state index contributed by atoms with van der Waals surface area (Å²) < 4.78 is 0. The monoisotopic (exact) mass is 212 g/mol. The maximum Gasteiger partial charge on any atom is 0.336 e. The van der Waals surface area contributed by atoms with Gasteiger partial charge in [-0.2, -0.15) is 0 Å². The topological polar surface area (TPSA) is 90.0 Å². The van der Waals surface area contributed by atoms with Crippen molar-refractivity contribution in [3.05, 3.63) is 0 Å². The van der Waals surface area contributed by atoms with Crippen molar-refractivity contribution in [2.75, 3.05) is 14.1 Å². The molecule has 0 saturated carbocycles. The highest BCUT2D eigenvalue weighted by molar-refractivity contribution is 6.16. The third-order valence-electron chi connectivity index (χ3n) is 2.41. The van der Waals surface area contributed by atoms with Crippen molar-refractivity contribution in [1.29, 1.82) is 0 Å². The van der Waals surface area contributed by atoms with Gasteiger partial charge in [-0.05, 0) is 0 Å². The highest BCUT2D eigenvalue weighted by Crippen LogP contribution is 2.21. The molecule has 2 rings (SSSR count). The van der Waals surface area contributed by atoms with Gasteiger partial charge in [-0.1, -0.05) is 0 Å². The van der Waals surface area contributed by atoms with Gasteiger partial charge in [0.2, 0.25) is 0 Å². The van der Waals surface area contributed by atoms with Crippen LogP contribution in [0.2, 0.25) is 0 Å². The minimum atomic E-state index is -1.15. The third kappa shape index (κ3) is 1.01. The van der Waals surface area contributed by atoms with Crippen LogP contribution < -0.4 is 5.32 Å². The molecular formula is C7H8N4O4. The van der Waals surface area contributed by atoms with Gasteiger partial charge in [0.15, 0.2) is 6.17 Å². The zero-order valence-corrected chi connectivity index (χ0v) is 8.05. The Kier molecular flexibility index (Phi) is 1.69. The molecule has 8 heteroatoms. The molecule has 2 saturated heterocycles. The standard InChI is InChI=1S/C7H8N4O4/c1-9-3-4(12)10(2)7(15)11(3)6(14)8-5(9)13/h3H,1-2H3,(H,8,13,14). The summed E-state index contributed by atoms with van der Waals surface area (Å²) in [7, 11) is 2.60. The molecule has 80 valence electrons. The smallest absolute Gasteiger partial charge is 0.298 e. The van der Waals surface area contributed by atoms with Crippen LogP contribution in [0.3, 0.4) is 0 Å². The third-order valence-corrected chi connectivity index (χ3v) is 2.41. The molecule has 0 aliphatic carbocycles. The summed E-state index contributed by atoms with van der Waals surface area (Å²) in [4.78, 5) is 48.0. The number of nitrogens with one attached hydrogen (secondary N) is 1. The first-order valence-electron chi connectivity index (χ1n) is 4.13. The van der Waals surface area contributed by atoms with Crippen LogP contribution >= 0.6 is 0 Å². The lowest BCUT2D eigenvalue weighted by molar-refractivity contribution is -0.130. The quantitative estimate of drug-likeness (QED) is 0.520. The number of urea groups is 3. The molecule has 0 aromatic rings. The largest absolute Gasteiger partial charge is 0.336 e. The van der Waals surface area contributed by atoms with Crippen LogP contribution in [0.15, 0.2) is 0 Å². The maximum atomic E-state index is 11.5. The van der Waals surface area contributed by atoms with Crippen LogP contribution in [-0.4, -0.2) is 59.0 Å². The number of rotatable bonds is 0. The Hall–Kier alpha value is -2.12. The first-order valence-corrected chi connectivity index (χ1v) is 4.13. The van der Waals surface area contributed by atoms with Crippen molar-refractivity contribution < 1.29 is 19.2 Å². The molecule has 0 spiro atoms. The van der Waals surface area contributed by atoms with Crippen LogP contribution in [0.25, 0.3) is 0 Å². The summed E-state index contributed by atoms with van der Waals surface area (Å²) in [6.45, 7) is 0. The number of carbonyl (C=O) groups excluding carboxylic acids is 4. The van der Waals surface area contributed by atoms with E-state index < -0.39 is 30.2 Å². The van der Waals surface area contributed by atoms with Gasteiger partial charge in [0.25, 0.3) is 5.91 Å². The van der Waals surface area contributed by atoms with Crippen LogP contribution in [-0.2, 0) is 4.79 Å². The summed E-state index contributed by atoms with van der Waals surface area (Å²) >= 11 is 0. The molecular weight excluding hydrogens is 204 g/mol. The summed E-state index contributed by atoms with van der Waals surface area (Å²) in [5.74, 6) is -0.592. The fourth-order valence-electron chi connectivity index (χ4n) is 1.53. The van der Waals surface area contributed by atoms with Crippen molar-refractivity contribution in [2.24, 2.45) is 0 Å². The van der Waals surface area contributed by atoms with Gasteiger partial charge in [0, 0.05) is 14.1 Å². The van der Waals surface area contributed by atoms with Crippen LogP contribution in [0.4, 0.5) is 14.4 Å². The van der Waals surface area contributed by atoms with E-state index in [1.807, 2.05) is 5.32 Å².